The fourth-order valence-corrected chi connectivity index (χ4v) is 3.58. The van der Waals surface area contributed by atoms with Crippen molar-refractivity contribution >= 4 is 28.2 Å². The Kier molecular flexibility index (Phi) is 5.36. The van der Waals surface area contributed by atoms with Crippen molar-refractivity contribution < 1.29 is 14.3 Å². The predicted octanol–water partition coefficient (Wildman–Crippen LogP) is 2.51. The number of nitrogens with one attached hydrogen (secondary N) is 1. The minimum absolute atomic E-state index is 0.0731. The van der Waals surface area contributed by atoms with Crippen LogP contribution in [0.15, 0.2) is 6.07 Å². The zero-order valence-electron chi connectivity index (χ0n) is 12.8. The van der Waals surface area contributed by atoms with Gasteiger partial charge in [-0.15, -0.1) is 11.3 Å². The lowest BCUT2D eigenvalue weighted by atomic mass is 10.0. The summed E-state index contributed by atoms with van der Waals surface area (Å²) in [5, 5.41) is 3.42. The second kappa shape index (κ2) is 7.04. The van der Waals surface area contributed by atoms with Gasteiger partial charge in [0.2, 0.25) is 5.91 Å². The summed E-state index contributed by atoms with van der Waals surface area (Å²) in [6, 6.07) is 1.75. The van der Waals surface area contributed by atoms with E-state index >= 15 is 0 Å². The fraction of sp³-hybridized carbons (Fsp3) is 0.600. The molecule has 1 saturated heterocycles. The molecule has 6 heteroatoms. The molecule has 1 aromatic heterocycles. The average Bonchev–Trinajstić information content (AvgIpc) is 2.78. The van der Waals surface area contributed by atoms with E-state index in [0.29, 0.717) is 23.0 Å². The Morgan fingerprint density at radius 3 is 2.95 bits per heavy atom. The summed E-state index contributed by atoms with van der Waals surface area (Å²) in [6.07, 6.45) is 2.37. The first-order valence-electron chi connectivity index (χ1n) is 7.20. The van der Waals surface area contributed by atoms with E-state index in [4.69, 9.17) is 4.74 Å². The number of nitrogens with zero attached hydrogens (tertiary/aromatic N) is 1. The maximum absolute atomic E-state index is 12.2. The van der Waals surface area contributed by atoms with Gasteiger partial charge in [-0.25, -0.2) is 4.79 Å². The Labute approximate surface area is 129 Å². The molecule has 21 heavy (non-hydrogen) atoms. The summed E-state index contributed by atoms with van der Waals surface area (Å²) >= 11 is 1.40. The van der Waals surface area contributed by atoms with Gasteiger partial charge in [0.25, 0.3) is 0 Å². The highest BCUT2D eigenvalue weighted by molar-refractivity contribution is 7.16. The number of hydrogen-bond acceptors (Lipinski definition) is 5. The van der Waals surface area contributed by atoms with E-state index in [0.717, 1.165) is 24.4 Å². The van der Waals surface area contributed by atoms with Crippen molar-refractivity contribution in [2.45, 2.75) is 26.7 Å². The van der Waals surface area contributed by atoms with Crippen LogP contribution in [-0.4, -0.2) is 43.5 Å². The van der Waals surface area contributed by atoms with E-state index in [9.17, 15) is 9.59 Å². The Hall–Kier alpha value is -1.40. The number of likely N-dealkylation sites (tertiary alicyclic amines) is 1. The van der Waals surface area contributed by atoms with Crippen LogP contribution in [0.25, 0.3) is 0 Å². The van der Waals surface area contributed by atoms with Crippen LogP contribution in [0.3, 0.4) is 0 Å². The van der Waals surface area contributed by atoms with Gasteiger partial charge in [0, 0.05) is 11.4 Å². The Morgan fingerprint density at radius 2 is 2.29 bits per heavy atom. The molecule has 2 heterocycles. The molecule has 116 valence electrons. The van der Waals surface area contributed by atoms with Crippen LogP contribution < -0.4 is 5.32 Å². The molecule has 1 fully saturated rings. The van der Waals surface area contributed by atoms with Crippen molar-refractivity contribution in [2.75, 3.05) is 32.1 Å². The number of esters is 1. The van der Waals surface area contributed by atoms with Crippen LogP contribution in [0, 0.1) is 12.8 Å². The monoisotopic (exact) mass is 310 g/mol. The molecule has 1 amide bonds. The molecule has 0 saturated carbocycles. The van der Waals surface area contributed by atoms with E-state index in [1.807, 2.05) is 6.92 Å². The van der Waals surface area contributed by atoms with Crippen LogP contribution in [0.4, 0.5) is 5.00 Å². The van der Waals surface area contributed by atoms with E-state index in [1.54, 1.807) is 6.07 Å². The molecule has 0 spiro atoms. The SMILES string of the molecule is COC(=O)c1cc(C)sc1NC(=O)CN1CCCC(C)C1. The number of thiophene rings is 1. The van der Waals surface area contributed by atoms with Gasteiger partial charge in [0.15, 0.2) is 0 Å². The van der Waals surface area contributed by atoms with E-state index < -0.39 is 5.97 Å². The smallest absolute Gasteiger partial charge is 0.340 e. The highest BCUT2D eigenvalue weighted by atomic mass is 32.1. The van der Waals surface area contributed by atoms with Gasteiger partial charge in [0.05, 0.1) is 19.2 Å². The molecule has 1 atom stereocenters. The van der Waals surface area contributed by atoms with E-state index in [-0.39, 0.29) is 5.91 Å². The fourth-order valence-electron chi connectivity index (χ4n) is 2.67. The molecule has 2 rings (SSSR count). The second-order valence-corrected chi connectivity index (χ2v) is 6.88. The first kappa shape index (κ1) is 16.0. The molecule has 1 aromatic rings. The first-order valence-corrected chi connectivity index (χ1v) is 8.02. The molecule has 0 radical (unpaired) electrons. The minimum atomic E-state index is -0.416. The van der Waals surface area contributed by atoms with Crippen LogP contribution in [-0.2, 0) is 9.53 Å². The van der Waals surface area contributed by atoms with Gasteiger partial charge in [-0.2, -0.15) is 0 Å². The van der Waals surface area contributed by atoms with Crippen molar-refractivity contribution in [3.8, 4) is 0 Å². The summed E-state index contributed by atoms with van der Waals surface area (Å²) in [6.45, 7) is 6.41. The number of anilines is 1. The van der Waals surface area contributed by atoms with E-state index in [1.165, 1.54) is 24.9 Å². The van der Waals surface area contributed by atoms with Crippen molar-refractivity contribution in [1.82, 2.24) is 4.90 Å². The van der Waals surface area contributed by atoms with Gasteiger partial charge in [-0.3, -0.25) is 9.69 Å². The third kappa shape index (κ3) is 4.28. The number of aryl methyl sites for hydroxylation is 1. The molecule has 1 aliphatic rings. The van der Waals surface area contributed by atoms with Crippen LogP contribution in [0.1, 0.15) is 35.0 Å². The summed E-state index contributed by atoms with van der Waals surface area (Å²) < 4.78 is 4.74. The maximum Gasteiger partial charge on any atom is 0.340 e. The molecule has 0 aromatic carbocycles. The minimum Gasteiger partial charge on any atom is -0.465 e. The summed E-state index contributed by atoms with van der Waals surface area (Å²) in [7, 11) is 1.34. The lowest BCUT2D eigenvalue weighted by Crippen LogP contribution is -2.39. The molecular weight excluding hydrogens is 288 g/mol. The second-order valence-electron chi connectivity index (χ2n) is 5.62. The quantitative estimate of drug-likeness (QED) is 0.868. The zero-order chi connectivity index (χ0) is 15.4. The average molecular weight is 310 g/mol. The normalized spacial score (nSPS) is 19.3. The molecule has 1 aliphatic heterocycles. The number of piperidine rings is 1. The Balaban J connectivity index is 1.98. The zero-order valence-corrected chi connectivity index (χ0v) is 13.6. The Bertz CT molecular complexity index is 527. The van der Waals surface area contributed by atoms with Gasteiger partial charge >= 0.3 is 5.97 Å². The largest absolute Gasteiger partial charge is 0.465 e. The van der Waals surface area contributed by atoms with Crippen LogP contribution in [0.5, 0.6) is 0 Å². The first-order chi connectivity index (χ1) is 9.99. The van der Waals surface area contributed by atoms with Gasteiger partial charge in [-0.1, -0.05) is 6.92 Å². The number of hydrogen-bond donors (Lipinski definition) is 1. The number of methoxy groups -OCH3 is 1. The van der Waals surface area contributed by atoms with E-state index in [2.05, 4.69) is 17.1 Å². The van der Waals surface area contributed by atoms with Gasteiger partial charge in [-0.05, 0) is 38.3 Å². The standard InChI is InChI=1S/C15H22N2O3S/c1-10-5-4-6-17(8-10)9-13(18)16-14-12(15(19)20-3)7-11(2)21-14/h7,10H,4-6,8-9H2,1-3H3,(H,16,18). The third-order valence-electron chi connectivity index (χ3n) is 3.62. The van der Waals surface area contributed by atoms with Crippen molar-refractivity contribution in [1.29, 1.82) is 0 Å². The van der Waals surface area contributed by atoms with Gasteiger partial charge in [0.1, 0.15) is 5.00 Å². The summed E-state index contributed by atoms with van der Waals surface area (Å²) in [5.41, 5.74) is 0.431. The lowest BCUT2D eigenvalue weighted by molar-refractivity contribution is -0.117. The van der Waals surface area contributed by atoms with Crippen LogP contribution >= 0.6 is 11.3 Å². The lowest BCUT2D eigenvalue weighted by Gasteiger charge is -2.30. The highest BCUT2D eigenvalue weighted by Gasteiger charge is 2.21. The number of ether oxygens (including phenoxy) is 1. The maximum atomic E-state index is 12.2. The Morgan fingerprint density at radius 1 is 1.52 bits per heavy atom. The molecule has 0 bridgehead atoms. The highest BCUT2D eigenvalue weighted by Crippen LogP contribution is 2.28. The summed E-state index contributed by atoms with van der Waals surface area (Å²) in [5.74, 6) is 0.151. The third-order valence-corrected chi connectivity index (χ3v) is 4.59. The molecule has 1 unspecified atom stereocenters. The molecular formula is C15H22N2O3S. The number of carbonyl (C=O) groups excluding carboxylic acids is 2. The predicted molar refractivity (Wildman–Crippen MR) is 83.9 cm³/mol. The number of rotatable bonds is 4. The van der Waals surface area contributed by atoms with Crippen molar-refractivity contribution in [3.05, 3.63) is 16.5 Å². The number of carbonyl (C=O) groups is 2. The van der Waals surface area contributed by atoms with Crippen molar-refractivity contribution in [3.63, 3.8) is 0 Å². The topological polar surface area (TPSA) is 58.6 Å². The summed E-state index contributed by atoms with van der Waals surface area (Å²) in [4.78, 5) is 27.0. The van der Waals surface area contributed by atoms with Gasteiger partial charge < -0.3 is 10.1 Å². The molecule has 1 N–H and O–H groups in total. The van der Waals surface area contributed by atoms with Crippen molar-refractivity contribution in [2.24, 2.45) is 5.92 Å². The van der Waals surface area contributed by atoms with Crippen LogP contribution in [0.2, 0.25) is 0 Å². The molecule has 5 nitrogen and oxygen atoms in total. The number of amides is 1. The molecule has 0 aliphatic carbocycles.